The van der Waals surface area contributed by atoms with Gasteiger partial charge in [0, 0.05) is 19.4 Å². The summed E-state index contributed by atoms with van der Waals surface area (Å²) in [5.41, 5.74) is 6.11. The Morgan fingerprint density at radius 1 is 1.19 bits per heavy atom. The van der Waals surface area contributed by atoms with Gasteiger partial charge in [-0.05, 0) is 20.3 Å². The van der Waals surface area contributed by atoms with Crippen LogP contribution in [-0.4, -0.2) is 34.7 Å². The van der Waals surface area contributed by atoms with Gasteiger partial charge < -0.3 is 19.8 Å². The maximum absolute atomic E-state index is 11.8. The van der Waals surface area contributed by atoms with Crippen molar-refractivity contribution in [2.45, 2.75) is 46.6 Å². The molecule has 7 heteroatoms. The van der Waals surface area contributed by atoms with Crippen molar-refractivity contribution >= 4 is 17.8 Å². The average Bonchev–Trinajstić information content (AvgIpc) is 2.76. The van der Waals surface area contributed by atoms with Gasteiger partial charge in [0.25, 0.3) is 0 Å². The van der Waals surface area contributed by atoms with Crippen LogP contribution in [0, 0.1) is 0 Å². The van der Waals surface area contributed by atoms with E-state index in [2.05, 4.69) is 4.98 Å². The third-order valence-corrected chi connectivity index (χ3v) is 2.94. The zero-order chi connectivity index (χ0) is 15.8. The number of carbonyl (C=O) groups excluding carboxylic acids is 2. The number of anilines is 1. The van der Waals surface area contributed by atoms with Gasteiger partial charge in [-0.15, -0.1) is 0 Å². The Morgan fingerprint density at radius 2 is 1.86 bits per heavy atom. The number of nitrogens with two attached hydrogens (primary N) is 1. The number of hydrogen-bond acceptors (Lipinski definition) is 6. The Labute approximate surface area is 124 Å². The highest BCUT2D eigenvalue weighted by Gasteiger charge is 2.20. The van der Waals surface area contributed by atoms with E-state index in [1.165, 1.54) is 0 Å². The van der Waals surface area contributed by atoms with E-state index in [1.54, 1.807) is 18.4 Å². The van der Waals surface area contributed by atoms with Crippen molar-refractivity contribution in [2.24, 2.45) is 0 Å². The normalized spacial score (nSPS) is 10.4. The van der Waals surface area contributed by atoms with E-state index in [9.17, 15) is 9.59 Å². The van der Waals surface area contributed by atoms with Gasteiger partial charge in [-0.3, -0.25) is 4.79 Å². The van der Waals surface area contributed by atoms with Crippen molar-refractivity contribution in [2.75, 3.05) is 18.9 Å². The lowest BCUT2D eigenvalue weighted by Crippen LogP contribution is -2.12. The van der Waals surface area contributed by atoms with E-state index >= 15 is 0 Å². The predicted octanol–water partition coefficient (Wildman–Crippen LogP) is 1.55. The molecule has 0 saturated carbocycles. The minimum absolute atomic E-state index is 0.143. The fourth-order valence-corrected chi connectivity index (χ4v) is 2.00. The van der Waals surface area contributed by atoms with E-state index in [-0.39, 0.29) is 24.1 Å². The van der Waals surface area contributed by atoms with Gasteiger partial charge in [0.1, 0.15) is 11.6 Å². The number of rotatable bonds is 8. The van der Waals surface area contributed by atoms with Gasteiger partial charge in [0.15, 0.2) is 5.69 Å². The second kappa shape index (κ2) is 8.28. The zero-order valence-electron chi connectivity index (χ0n) is 12.8. The Balaban J connectivity index is 2.77. The lowest BCUT2D eigenvalue weighted by molar-refractivity contribution is -0.143. The molecule has 0 amide bonds. The molecule has 0 spiro atoms. The fraction of sp³-hybridized carbons (Fsp3) is 0.643. The second-order valence-electron chi connectivity index (χ2n) is 4.40. The van der Waals surface area contributed by atoms with Gasteiger partial charge >= 0.3 is 11.9 Å². The number of esters is 2. The average molecular weight is 297 g/mol. The summed E-state index contributed by atoms with van der Waals surface area (Å²) in [7, 11) is 0. The van der Waals surface area contributed by atoms with Crippen molar-refractivity contribution in [1.82, 2.24) is 9.55 Å². The summed E-state index contributed by atoms with van der Waals surface area (Å²) in [6, 6.07) is 0. The molecule has 0 unspecified atom stereocenters. The quantitative estimate of drug-likeness (QED) is 0.731. The molecule has 1 aromatic rings. The molecule has 0 aliphatic rings. The van der Waals surface area contributed by atoms with E-state index in [0.717, 1.165) is 0 Å². The van der Waals surface area contributed by atoms with Crippen molar-refractivity contribution in [3.63, 3.8) is 0 Å². The number of hydrogen-bond donors (Lipinski definition) is 1. The van der Waals surface area contributed by atoms with Crippen LogP contribution < -0.4 is 5.73 Å². The van der Waals surface area contributed by atoms with Gasteiger partial charge in [-0.2, -0.15) is 0 Å². The van der Waals surface area contributed by atoms with Crippen LogP contribution in [0.3, 0.4) is 0 Å². The Bertz CT molecular complexity index is 497. The molecular weight excluding hydrogens is 274 g/mol. The molecule has 0 atom stereocenters. The maximum atomic E-state index is 11.8. The Kier molecular flexibility index (Phi) is 6.71. The summed E-state index contributed by atoms with van der Waals surface area (Å²) in [5.74, 6) is 0.238. The van der Waals surface area contributed by atoms with Crippen LogP contribution in [0.5, 0.6) is 0 Å². The van der Waals surface area contributed by atoms with Crippen LogP contribution in [0.25, 0.3) is 0 Å². The summed E-state index contributed by atoms with van der Waals surface area (Å²) in [6.45, 7) is 6.59. The zero-order valence-corrected chi connectivity index (χ0v) is 12.8. The molecule has 7 nitrogen and oxygen atoms in total. The smallest absolute Gasteiger partial charge is 0.360 e. The highest BCUT2D eigenvalue weighted by atomic mass is 16.5. The second-order valence-corrected chi connectivity index (χ2v) is 4.40. The molecule has 1 heterocycles. The highest BCUT2D eigenvalue weighted by molar-refractivity contribution is 5.92. The summed E-state index contributed by atoms with van der Waals surface area (Å²) in [5, 5.41) is 0. The molecule has 1 rings (SSSR count). The van der Waals surface area contributed by atoms with Gasteiger partial charge in [-0.1, -0.05) is 6.92 Å². The number of aromatic nitrogens is 2. The van der Waals surface area contributed by atoms with Crippen LogP contribution in [0.15, 0.2) is 0 Å². The van der Waals surface area contributed by atoms with Crippen LogP contribution in [0.4, 0.5) is 5.82 Å². The summed E-state index contributed by atoms with van der Waals surface area (Å²) in [6.07, 6.45) is 1.53. The number of nitrogen functional groups attached to an aromatic ring is 1. The first-order chi connectivity index (χ1) is 10.0. The first-order valence-electron chi connectivity index (χ1n) is 7.22. The molecule has 0 aliphatic carbocycles. The SMILES string of the molecule is CCOC(=O)CCCn1c(CC)nc(C(=O)OCC)c1N. The van der Waals surface area contributed by atoms with Crippen LogP contribution in [-0.2, 0) is 27.2 Å². The first kappa shape index (κ1) is 17.0. The lowest BCUT2D eigenvalue weighted by atomic mass is 10.3. The van der Waals surface area contributed by atoms with Crippen molar-refractivity contribution in [1.29, 1.82) is 0 Å². The minimum atomic E-state index is -0.520. The van der Waals surface area contributed by atoms with E-state index < -0.39 is 5.97 Å². The molecule has 118 valence electrons. The number of carbonyl (C=O) groups is 2. The molecule has 0 aromatic carbocycles. The molecule has 0 bridgehead atoms. The number of imidazole rings is 1. The number of nitrogens with zero attached hydrogens (tertiary/aromatic N) is 2. The third kappa shape index (κ3) is 4.47. The molecule has 0 radical (unpaired) electrons. The molecule has 1 aromatic heterocycles. The first-order valence-corrected chi connectivity index (χ1v) is 7.22. The minimum Gasteiger partial charge on any atom is -0.466 e. The standard InChI is InChI=1S/C14H23N3O4/c1-4-10-16-12(14(19)21-6-3)13(15)17(10)9-7-8-11(18)20-5-2/h4-9,15H2,1-3H3. The number of aryl methyl sites for hydroxylation is 1. The third-order valence-electron chi connectivity index (χ3n) is 2.94. The Morgan fingerprint density at radius 3 is 2.43 bits per heavy atom. The maximum Gasteiger partial charge on any atom is 0.360 e. The molecule has 0 aliphatic heterocycles. The van der Waals surface area contributed by atoms with Crippen LogP contribution in [0.1, 0.15) is 49.9 Å². The van der Waals surface area contributed by atoms with Crippen molar-refractivity contribution < 1.29 is 19.1 Å². The van der Waals surface area contributed by atoms with E-state index in [0.29, 0.717) is 38.2 Å². The van der Waals surface area contributed by atoms with Crippen molar-refractivity contribution in [3.05, 3.63) is 11.5 Å². The fourth-order valence-electron chi connectivity index (χ4n) is 2.00. The summed E-state index contributed by atoms with van der Waals surface area (Å²) in [4.78, 5) is 27.3. The predicted molar refractivity (Wildman–Crippen MR) is 77.8 cm³/mol. The number of ether oxygens (including phenoxy) is 2. The van der Waals surface area contributed by atoms with Crippen molar-refractivity contribution in [3.8, 4) is 0 Å². The van der Waals surface area contributed by atoms with Crippen LogP contribution >= 0.6 is 0 Å². The molecule has 0 fully saturated rings. The highest BCUT2D eigenvalue weighted by Crippen LogP contribution is 2.17. The van der Waals surface area contributed by atoms with E-state index in [4.69, 9.17) is 15.2 Å². The van der Waals surface area contributed by atoms with Gasteiger partial charge in [-0.25, -0.2) is 9.78 Å². The molecule has 0 saturated heterocycles. The van der Waals surface area contributed by atoms with Gasteiger partial charge in [0.2, 0.25) is 0 Å². The molecule has 2 N–H and O–H groups in total. The summed E-state index contributed by atoms with van der Waals surface area (Å²) < 4.78 is 11.6. The van der Waals surface area contributed by atoms with Crippen LogP contribution in [0.2, 0.25) is 0 Å². The topological polar surface area (TPSA) is 96.4 Å². The molecule has 21 heavy (non-hydrogen) atoms. The lowest BCUT2D eigenvalue weighted by Gasteiger charge is -2.08. The Hall–Kier alpha value is -2.05. The largest absolute Gasteiger partial charge is 0.466 e. The summed E-state index contributed by atoms with van der Waals surface area (Å²) >= 11 is 0. The van der Waals surface area contributed by atoms with E-state index in [1.807, 2.05) is 6.92 Å². The van der Waals surface area contributed by atoms with Gasteiger partial charge in [0.05, 0.1) is 13.2 Å². The monoisotopic (exact) mass is 297 g/mol. The molecular formula is C14H23N3O4.